The molecule has 0 spiro atoms. The minimum absolute atomic E-state index is 0.226. The number of halogens is 1. The summed E-state index contributed by atoms with van der Waals surface area (Å²) in [7, 11) is 0. The van der Waals surface area contributed by atoms with Gasteiger partial charge in [0.1, 0.15) is 18.2 Å². The van der Waals surface area contributed by atoms with Gasteiger partial charge in [0.25, 0.3) is 0 Å². The number of anilines is 1. The van der Waals surface area contributed by atoms with Crippen molar-refractivity contribution in [1.29, 1.82) is 0 Å². The molecular weight excluding hydrogens is 409 g/mol. The van der Waals surface area contributed by atoms with Crippen molar-refractivity contribution in [3.8, 4) is 5.75 Å². The van der Waals surface area contributed by atoms with Gasteiger partial charge in [0.05, 0.1) is 6.10 Å². The van der Waals surface area contributed by atoms with Gasteiger partial charge in [-0.05, 0) is 74.0 Å². The predicted octanol–water partition coefficient (Wildman–Crippen LogP) is 4.42. The number of carbonyl (C=O) groups is 1. The highest BCUT2D eigenvalue weighted by atomic mass is 19.1. The Bertz CT molecular complexity index is 871. The first-order valence-corrected chi connectivity index (χ1v) is 11.5. The van der Waals surface area contributed by atoms with Crippen molar-refractivity contribution in [3.05, 3.63) is 59.9 Å². The molecule has 2 unspecified atom stereocenters. The molecule has 7 heteroatoms. The van der Waals surface area contributed by atoms with Crippen LogP contribution in [0.25, 0.3) is 0 Å². The number of rotatable bonds is 8. The highest BCUT2D eigenvalue weighted by Gasteiger charge is 2.21. The second-order valence-electron chi connectivity index (χ2n) is 8.68. The summed E-state index contributed by atoms with van der Waals surface area (Å²) >= 11 is 0. The van der Waals surface area contributed by atoms with Crippen molar-refractivity contribution < 1.29 is 18.7 Å². The summed E-state index contributed by atoms with van der Waals surface area (Å²) in [5, 5.41) is 5.61. The third kappa shape index (κ3) is 6.93. The molecule has 0 saturated carbocycles. The van der Waals surface area contributed by atoms with E-state index in [1.807, 2.05) is 12.1 Å². The molecule has 2 atom stereocenters. The zero-order valence-corrected chi connectivity index (χ0v) is 18.4. The summed E-state index contributed by atoms with van der Waals surface area (Å²) in [6.07, 6.45) is 4.63. The standard InChI is InChI=1S/C25H32FN3O3/c26-21-5-1-6-22(14-21)28-25(30)27-15-20-4-2-12-29(17-20)16-19-8-10-23(11-9-19)32-18-24-7-3-13-31-24/h1,5-6,8-11,14,20,24H,2-4,7,12-13,15-18H2,(H2,27,28,30). The van der Waals surface area contributed by atoms with Crippen LogP contribution in [-0.4, -0.2) is 49.9 Å². The maximum atomic E-state index is 13.3. The second-order valence-corrected chi connectivity index (χ2v) is 8.68. The van der Waals surface area contributed by atoms with Gasteiger partial charge in [-0.2, -0.15) is 0 Å². The van der Waals surface area contributed by atoms with E-state index < -0.39 is 0 Å². The fourth-order valence-electron chi connectivity index (χ4n) is 4.35. The third-order valence-electron chi connectivity index (χ3n) is 6.03. The molecule has 2 N–H and O–H groups in total. The first kappa shape index (κ1) is 22.6. The van der Waals surface area contributed by atoms with Gasteiger partial charge in [0.2, 0.25) is 0 Å². The summed E-state index contributed by atoms with van der Waals surface area (Å²) in [6, 6.07) is 13.9. The van der Waals surface area contributed by atoms with Crippen LogP contribution in [0.15, 0.2) is 48.5 Å². The Balaban J connectivity index is 1.18. The number of likely N-dealkylation sites (tertiary alicyclic amines) is 1. The number of urea groups is 1. The molecule has 0 aromatic heterocycles. The van der Waals surface area contributed by atoms with Crippen molar-refractivity contribution in [3.63, 3.8) is 0 Å². The van der Waals surface area contributed by atoms with E-state index >= 15 is 0 Å². The lowest BCUT2D eigenvalue weighted by atomic mass is 9.97. The number of hydrogen-bond donors (Lipinski definition) is 2. The zero-order chi connectivity index (χ0) is 22.2. The molecule has 32 heavy (non-hydrogen) atoms. The lowest BCUT2D eigenvalue weighted by Crippen LogP contribution is -2.41. The van der Waals surface area contributed by atoms with Crippen LogP contribution in [0.4, 0.5) is 14.9 Å². The molecular formula is C25H32FN3O3. The van der Waals surface area contributed by atoms with E-state index in [0.717, 1.165) is 57.7 Å². The van der Waals surface area contributed by atoms with Crippen molar-refractivity contribution in [2.45, 2.75) is 38.3 Å². The monoisotopic (exact) mass is 441 g/mol. The summed E-state index contributed by atoms with van der Waals surface area (Å²) in [4.78, 5) is 14.6. The van der Waals surface area contributed by atoms with Gasteiger partial charge in [-0.1, -0.05) is 18.2 Å². The number of ether oxygens (including phenoxy) is 2. The largest absolute Gasteiger partial charge is 0.491 e. The SMILES string of the molecule is O=C(NCC1CCCN(Cc2ccc(OCC3CCCO3)cc2)C1)Nc1cccc(F)c1. The zero-order valence-electron chi connectivity index (χ0n) is 18.4. The molecule has 2 aromatic rings. The molecule has 2 fully saturated rings. The van der Waals surface area contributed by atoms with E-state index in [9.17, 15) is 9.18 Å². The van der Waals surface area contributed by atoms with E-state index in [0.29, 0.717) is 24.8 Å². The highest BCUT2D eigenvalue weighted by Crippen LogP contribution is 2.21. The van der Waals surface area contributed by atoms with Gasteiger partial charge < -0.3 is 20.1 Å². The van der Waals surface area contributed by atoms with E-state index in [2.05, 4.69) is 27.7 Å². The van der Waals surface area contributed by atoms with Gasteiger partial charge >= 0.3 is 6.03 Å². The average Bonchev–Trinajstić information content (AvgIpc) is 3.31. The van der Waals surface area contributed by atoms with Crippen LogP contribution < -0.4 is 15.4 Å². The highest BCUT2D eigenvalue weighted by molar-refractivity contribution is 5.89. The van der Waals surface area contributed by atoms with Crippen molar-refractivity contribution in [2.75, 3.05) is 38.2 Å². The van der Waals surface area contributed by atoms with Crippen LogP contribution >= 0.6 is 0 Å². The van der Waals surface area contributed by atoms with Crippen molar-refractivity contribution in [2.24, 2.45) is 5.92 Å². The molecule has 2 aliphatic rings. The molecule has 4 rings (SSSR count). The van der Waals surface area contributed by atoms with Crippen LogP contribution in [0.5, 0.6) is 5.75 Å². The number of amides is 2. The Hall–Kier alpha value is -2.64. The topological polar surface area (TPSA) is 62.8 Å². The Morgan fingerprint density at radius 3 is 2.81 bits per heavy atom. The first-order chi connectivity index (χ1) is 15.6. The molecule has 2 amide bonds. The van der Waals surface area contributed by atoms with Gasteiger partial charge in [-0.15, -0.1) is 0 Å². The predicted molar refractivity (Wildman–Crippen MR) is 122 cm³/mol. The number of benzene rings is 2. The molecule has 6 nitrogen and oxygen atoms in total. The summed E-state index contributed by atoms with van der Waals surface area (Å²) < 4.78 is 24.7. The molecule has 0 radical (unpaired) electrons. The Morgan fingerprint density at radius 1 is 1.16 bits per heavy atom. The number of piperidine rings is 1. The van der Waals surface area contributed by atoms with E-state index in [1.54, 1.807) is 12.1 Å². The second kappa shape index (κ2) is 11.3. The van der Waals surface area contributed by atoms with Crippen molar-refractivity contribution >= 4 is 11.7 Å². The number of nitrogens with zero attached hydrogens (tertiary/aromatic N) is 1. The van der Waals surface area contributed by atoms with E-state index in [-0.39, 0.29) is 18.0 Å². The van der Waals surface area contributed by atoms with Crippen LogP contribution in [0.3, 0.4) is 0 Å². The molecule has 2 heterocycles. The Labute approximate surface area is 189 Å². The first-order valence-electron chi connectivity index (χ1n) is 11.5. The maximum absolute atomic E-state index is 13.3. The summed E-state index contributed by atoms with van der Waals surface area (Å²) in [5.41, 5.74) is 1.71. The summed E-state index contributed by atoms with van der Waals surface area (Å²) in [6.45, 7) is 4.95. The number of hydrogen-bond acceptors (Lipinski definition) is 4. The molecule has 2 saturated heterocycles. The van der Waals surface area contributed by atoms with Crippen molar-refractivity contribution in [1.82, 2.24) is 10.2 Å². The fraction of sp³-hybridized carbons (Fsp3) is 0.480. The van der Waals surface area contributed by atoms with Gasteiger partial charge in [-0.3, -0.25) is 4.90 Å². The number of nitrogens with one attached hydrogen (secondary N) is 2. The molecule has 2 aliphatic heterocycles. The van der Waals surface area contributed by atoms with Crippen LogP contribution in [0.1, 0.15) is 31.2 Å². The maximum Gasteiger partial charge on any atom is 0.319 e. The lowest BCUT2D eigenvalue weighted by Gasteiger charge is -2.32. The normalized spacial score (nSPS) is 21.3. The number of carbonyl (C=O) groups excluding carboxylic acids is 1. The Morgan fingerprint density at radius 2 is 2.03 bits per heavy atom. The minimum atomic E-state index is -0.367. The molecule has 2 aromatic carbocycles. The fourth-order valence-corrected chi connectivity index (χ4v) is 4.35. The molecule has 0 bridgehead atoms. The quantitative estimate of drug-likeness (QED) is 0.637. The van der Waals surface area contributed by atoms with Gasteiger partial charge in [-0.25, -0.2) is 9.18 Å². The lowest BCUT2D eigenvalue weighted by molar-refractivity contribution is 0.0679. The van der Waals surface area contributed by atoms with Crippen LogP contribution in [0.2, 0.25) is 0 Å². The van der Waals surface area contributed by atoms with E-state index in [1.165, 1.54) is 17.7 Å². The smallest absolute Gasteiger partial charge is 0.319 e. The third-order valence-corrected chi connectivity index (χ3v) is 6.03. The van der Waals surface area contributed by atoms with Crippen LogP contribution in [-0.2, 0) is 11.3 Å². The Kier molecular flexibility index (Phi) is 7.96. The molecule has 172 valence electrons. The average molecular weight is 442 g/mol. The van der Waals surface area contributed by atoms with Crippen LogP contribution in [0, 0.1) is 11.7 Å². The van der Waals surface area contributed by atoms with E-state index in [4.69, 9.17) is 9.47 Å². The van der Waals surface area contributed by atoms with Gasteiger partial charge in [0, 0.05) is 31.9 Å². The summed E-state index contributed by atoms with van der Waals surface area (Å²) in [5.74, 6) is 0.915. The molecule has 0 aliphatic carbocycles. The minimum Gasteiger partial charge on any atom is -0.491 e. The van der Waals surface area contributed by atoms with Gasteiger partial charge in [0.15, 0.2) is 0 Å².